The topological polar surface area (TPSA) is 70.6 Å². The van der Waals surface area contributed by atoms with Gasteiger partial charge in [0.05, 0.1) is 10.0 Å². The molecule has 1 fully saturated rings. The number of sulfonamides is 1. The fraction of sp³-hybridized carbons (Fsp3) is 0.333. The van der Waals surface area contributed by atoms with Gasteiger partial charge in [-0.05, 0) is 31.0 Å². The van der Waals surface area contributed by atoms with Crippen molar-refractivity contribution in [3.63, 3.8) is 0 Å². The number of hydrogen-bond acceptors (Lipinski definition) is 6. The third-order valence-corrected chi connectivity index (χ3v) is 10.1. The Kier molecular flexibility index (Phi) is 6.50. The van der Waals surface area contributed by atoms with E-state index in [1.165, 1.54) is 27.3 Å². The summed E-state index contributed by atoms with van der Waals surface area (Å²) >= 11 is 8.32. The predicted octanol–water partition coefficient (Wildman–Crippen LogP) is 4.54. The second-order valence-corrected chi connectivity index (χ2v) is 12.1. The summed E-state index contributed by atoms with van der Waals surface area (Å²) in [6.45, 7) is 5.15. The van der Waals surface area contributed by atoms with Crippen molar-refractivity contribution in [1.29, 1.82) is 0 Å². The van der Waals surface area contributed by atoms with Gasteiger partial charge in [0.2, 0.25) is 0 Å². The van der Waals surface area contributed by atoms with Crippen LogP contribution in [-0.2, 0) is 16.4 Å². The molecular formula is C21H22ClN3O3S3. The summed E-state index contributed by atoms with van der Waals surface area (Å²) < 4.78 is 27.6. The molecule has 0 spiro atoms. The zero-order chi connectivity index (χ0) is 22.2. The van der Waals surface area contributed by atoms with Crippen molar-refractivity contribution < 1.29 is 13.2 Å². The SMILES string of the molecule is CCc1ccc(-c2nc(C)c(C(=O)N3CCN(S(=O)(=O)c4ccc(Cl)s4)CC3)s2)cc1. The molecular weight excluding hydrogens is 474 g/mol. The molecule has 6 nitrogen and oxygen atoms in total. The molecule has 1 aliphatic rings. The first-order valence-electron chi connectivity index (χ1n) is 9.91. The number of thiophene rings is 1. The van der Waals surface area contributed by atoms with E-state index in [4.69, 9.17) is 11.6 Å². The van der Waals surface area contributed by atoms with Gasteiger partial charge in [0.15, 0.2) is 0 Å². The lowest BCUT2D eigenvalue weighted by molar-refractivity contribution is 0.0702. The first-order chi connectivity index (χ1) is 14.8. The quantitative estimate of drug-likeness (QED) is 0.521. The molecule has 0 N–H and O–H groups in total. The highest BCUT2D eigenvalue weighted by atomic mass is 35.5. The maximum absolute atomic E-state index is 13.1. The fourth-order valence-corrected chi connectivity index (χ4v) is 7.54. The summed E-state index contributed by atoms with van der Waals surface area (Å²) in [4.78, 5) is 20.0. The number of thiazole rings is 1. The largest absolute Gasteiger partial charge is 0.335 e. The molecule has 0 saturated carbocycles. The Bertz CT molecular complexity index is 1190. The number of carbonyl (C=O) groups excluding carboxylic acids is 1. The molecule has 1 aromatic carbocycles. The van der Waals surface area contributed by atoms with Crippen LogP contribution >= 0.6 is 34.3 Å². The van der Waals surface area contributed by atoms with E-state index in [0.717, 1.165) is 28.3 Å². The van der Waals surface area contributed by atoms with Gasteiger partial charge in [-0.3, -0.25) is 4.79 Å². The molecule has 3 heterocycles. The first kappa shape index (κ1) is 22.4. The number of halogens is 1. The van der Waals surface area contributed by atoms with E-state index in [1.54, 1.807) is 11.0 Å². The van der Waals surface area contributed by atoms with Crippen LogP contribution in [0.5, 0.6) is 0 Å². The number of nitrogens with zero attached hydrogens (tertiary/aromatic N) is 3. The summed E-state index contributed by atoms with van der Waals surface area (Å²) in [7, 11) is -3.58. The Morgan fingerprint density at radius 1 is 1.06 bits per heavy atom. The number of benzene rings is 1. The maximum Gasteiger partial charge on any atom is 0.265 e. The number of hydrogen-bond donors (Lipinski definition) is 0. The van der Waals surface area contributed by atoms with Gasteiger partial charge in [-0.25, -0.2) is 13.4 Å². The molecule has 1 saturated heterocycles. The third-order valence-electron chi connectivity index (χ3n) is 5.27. The van der Waals surface area contributed by atoms with E-state index >= 15 is 0 Å². The van der Waals surface area contributed by atoms with Crippen LogP contribution in [0.2, 0.25) is 4.34 Å². The lowest BCUT2D eigenvalue weighted by atomic mass is 10.1. The molecule has 1 aliphatic heterocycles. The number of aryl methyl sites for hydroxylation is 2. The molecule has 0 atom stereocenters. The highest BCUT2D eigenvalue weighted by molar-refractivity contribution is 7.91. The van der Waals surface area contributed by atoms with Gasteiger partial charge in [-0.1, -0.05) is 42.8 Å². The predicted molar refractivity (Wildman–Crippen MR) is 126 cm³/mol. The van der Waals surface area contributed by atoms with Crippen LogP contribution in [0.1, 0.15) is 27.9 Å². The highest BCUT2D eigenvalue weighted by Gasteiger charge is 2.32. The van der Waals surface area contributed by atoms with Crippen molar-refractivity contribution in [1.82, 2.24) is 14.2 Å². The van der Waals surface area contributed by atoms with Crippen LogP contribution in [0.3, 0.4) is 0 Å². The Balaban J connectivity index is 1.46. The molecule has 2 aromatic heterocycles. The van der Waals surface area contributed by atoms with Crippen molar-refractivity contribution in [3.05, 3.63) is 56.9 Å². The van der Waals surface area contributed by atoms with Crippen molar-refractivity contribution >= 4 is 50.2 Å². The van der Waals surface area contributed by atoms with Crippen LogP contribution in [0.25, 0.3) is 10.6 Å². The number of aromatic nitrogens is 1. The number of carbonyl (C=O) groups is 1. The van der Waals surface area contributed by atoms with Gasteiger partial charge in [0.1, 0.15) is 14.1 Å². The molecule has 1 amide bonds. The Hall–Kier alpha value is -1.78. The maximum atomic E-state index is 13.1. The van der Waals surface area contributed by atoms with Gasteiger partial charge in [0.25, 0.3) is 15.9 Å². The minimum atomic E-state index is -3.58. The van der Waals surface area contributed by atoms with E-state index in [0.29, 0.717) is 28.0 Å². The van der Waals surface area contributed by atoms with Gasteiger partial charge in [-0.2, -0.15) is 4.31 Å². The van der Waals surface area contributed by atoms with E-state index in [2.05, 4.69) is 24.0 Å². The Morgan fingerprint density at radius 3 is 2.32 bits per heavy atom. The minimum absolute atomic E-state index is 0.0948. The van der Waals surface area contributed by atoms with Crippen molar-refractivity contribution in [2.45, 2.75) is 24.5 Å². The molecule has 0 bridgehead atoms. The lowest BCUT2D eigenvalue weighted by Crippen LogP contribution is -2.50. The fourth-order valence-electron chi connectivity index (χ4n) is 3.44. The molecule has 3 aromatic rings. The normalized spacial score (nSPS) is 15.4. The lowest BCUT2D eigenvalue weighted by Gasteiger charge is -2.33. The van der Waals surface area contributed by atoms with E-state index in [1.807, 2.05) is 19.1 Å². The summed E-state index contributed by atoms with van der Waals surface area (Å²) in [5.41, 5.74) is 2.95. The van der Waals surface area contributed by atoms with Gasteiger partial charge >= 0.3 is 0 Å². The molecule has 0 unspecified atom stereocenters. The van der Waals surface area contributed by atoms with Gasteiger partial charge < -0.3 is 4.90 Å². The average molecular weight is 496 g/mol. The van der Waals surface area contributed by atoms with Crippen LogP contribution in [0.4, 0.5) is 0 Å². The second-order valence-electron chi connectivity index (χ2n) is 7.24. The van der Waals surface area contributed by atoms with Gasteiger partial charge in [0, 0.05) is 31.7 Å². The molecule has 4 rings (SSSR count). The van der Waals surface area contributed by atoms with Gasteiger partial charge in [-0.15, -0.1) is 22.7 Å². The molecule has 0 radical (unpaired) electrons. The Labute approximate surface area is 195 Å². The summed E-state index contributed by atoms with van der Waals surface area (Å²) in [6.07, 6.45) is 0.974. The molecule has 31 heavy (non-hydrogen) atoms. The third kappa shape index (κ3) is 4.56. The minimum Gasteiger partial charge on any atom is -0.335 e. The van der Waals surface area contributed by atoms with Crippen LogP contribution < -0.4 is 0 Å². The summed E-state index contributed by atoms with van der Waals surface area (Å²) in [5.74, 6) is -0.0948. The monoisotopic (exact) mass is 495 g/mol. The van der Waals surface area contributed by atoms with E-state index < -0.39 is 10.0 Å². The Morgan fingerprint density at radius 2 is 1.74 bits per heavy atom. The van der Waals surface area contributed by atoms with Crippen molar-refractivity contribution in [2.75, 3.05) is 26.2 Å². The van der Waals surface area contributed by atoms with Crippen LogP contribution in [-0.4, -0.2) is 54.7 Å². The van der Waals surface area contributed by atoms with E-state index in [-0.39, 0.29) is 23.2 Å². The zero-order valence-corrected chi connectivity index (χ0v) is 20.4. The smallest absolute Gasteiger partial charge is 0.265 e. The van der Waals surface area contributed by atoms with Crippen molar-refractivity contribution in [2.24, 2.45) is 0 Å². The first-order valence-corrected chi connectivity index (χ1v) is 13.4. The number of piperazine rings is 1. The van der Waals surface area contributed by atoms with Crippen LogP contribution in [0.15, 0.2) is 40.6 Å². The average Bonchev–Trinajstić information content (AvgIpc) is 3.39. The standard InChI is InChI=1S/C21H22ClN3O3S3/c1-3-15-4-6-16(7-5-15)20-23-14(2)19(30-20)21(26)24-10-12-25(13-11-24)31(27,28)18-9-8-17(22)29-18/h4-9H,3,10-13H2,1-2H3. The number of rotatable bonds is 5. The summed E-state index contributed by atoms with van der Waals surface area (Å²) in [6, 6.07) is 11.3. The molecule has 164 valence electrons. The van der Waals surface area contributed by atoms with E-state index in [9.17, 15) is 13.2 Å². The van der Waals surface area contributed by atoms with Crippen LogP contribution in [0, 0.1) is 6.92 Å². The number of amides is 1. The highest BCUT2D eigenvalue weighted by Crippen LogP contribution is 2.31. The molecule has 0 aliphatic carbocycles. The summed E-state index contributed by atoms with van der Waals surface area (Å²) in [5, 5.41) is 0.819. The van der Waals surface area contributed by atoms with Crippen molar-refractivity contribution in [3.8, 4) is 10.6 Å². The molecule has 10 heteroatoms. The zero-order valence-electron chi connectivity index (χ0n) is 17.2. The second kappa shape index (κ2) is 8.99.